The molecule has 27 heavy (non-hydrogen) atoms. The van der Waals surface area contributed by atoms with Crippen LogP contribution in [0.25, 0.3) is 11.9 Å². The van der Waals surface area contributed by atoms with Crippen molar-refractivity contribution in [1.82, 2.24) is 5.43 Å². The maximum absolute atomic E-state index is 12.6. The van der Waals surface area contributed by atoms with Gasteiger partial charge in [-0.25, -0.2) is 13.3 Å². The molecule has 0 bridgehead atoms. The van der Waals surface area contributed by atoms with Crippen LogP contribution in [0, 0.1) is 0 Å². The van der Waals surface area contributed by atoms with Crippen LogP contribution >= 0.6 is 12.0 Å². The van der Waals surface area contributed by atoms with Crippen molar-refractivity contribution >= 4 is 45.4 Å². The molecular weight excluding hydrogens is 479 g/mol. The standard InChI is InChI=1S/C12H15N5O7S2.Y/c1-15-17-10-6(25-24-23-22-2)3-5-4-7(26(19,20)21)11(16-14)12(18)8(5)9(10)13;/h3-4,11H,1-2H3,(H6,13,14,15,16,17,18,19,20,21);/p-2. The number of nitrogens with two attached hydrogens (primary N) is 1. The SMILES string of the molecule is CN=Nc1c(SOOOC)cc2c(c1N)C(=O)C(N[NH-])C(S(=O)(=O)[O-])=C2.[Y]. The van der Waals surface area contributed by atoms with E-state index in [2.05, 4.69) is 24.5 Å². The Bertz CT molecular complexity index is 891. The molecule has 15 heteroatoms. The number of Topliss-reactive ketones (excluding diaryl/α,β-unsaturated/α-hetero) is 1. The normalized spacial score (nSPS) is 16.8. The monoisotopic (exact) mass is 492 g/mol. The van der Waals surface area contributed by atoms with Gasteiger partial charge in [0, 0.05) is 39.8 Å². The number of carbonyl (C=O) groups is 1. The van der Waals surface area contributed by atoms with E-state index in [1.807, 2.05) is 0 Å². The van der Waals surface area contributed by atoms with E-state index in [0.29, 0.717) is 12.0 Å². The Morgan fingerprint density at radius 3 is 2.63 bits per heavy atom. The molecule has 1 aliphatic rings. The molecular formula is C12H13N5O7S2Y-2. The van der Waals surface area contributed by atoms with Crippen molar-refractivity contribution in [2.45, 2.75) is 10.9 Å². The Kier molecular flexibility index (Phi) is 9.07. The van der Waals surface area contributed by atoms with Crippen molar-refractivity contribution in [3.63, 3.8) is 0 Å². The third kappa shape index (κ3) is 5.17. The van der Waals surface area contributed by atoms with Gasteiger partial charge in [0.2, 0.25) is 0 Å². The van der Waals surface area contributed by atoms with E-state index in [0.717, 1.165) is 6.08 Å². The van der Waals surface area contributed by atoms with Gasteiger partial charge in [-0.15, -0.1) is 4.33 Å². The molecule has 1 radical (unpaired) electrons. The summed E-state index contributed by atoms with van der Waals surface area (Å²) in [4.78, 5) is 16.3. The Balaban J connectivity index is 0.00000364. The third-order valence-electron chi connectivity index (χ3n) is 3.28. The molecule has 0 fully saturated rings. The van der Waals surface area contributed by atoms with E-state index in [9.17, 15) is 17.8 Å². The number of hydrogen-bond donors (Lipinski definition) is 2. The van der Waals surface area contributed by atoms with E-state index in [1.165, 1.54) is 20.2 Å². The van der Waals surface area contributed by atoms with Crippen LogP contribution < -0.4 is 11.2 Å². The van der Waals surface area contributed by atoms with Crippen LogP contribution in [0.3, 0.4) is 0 Å². The molecule has 12 nitrogen and oxygen atoms in total. The molecule has 145 valence electrons. The quantitative estimate of drug-likeness (QED) is 0.107. The summed E-state index contributed by atoms with van der Waals surface area (Å²) in [6.45, 7) is 0. The van der Waals surface area contributed by atoms with Crippen LogP contribution in [-0.4, -0.2) is 39.0 Å². The minimum absolute atomic E-state index is 0. The number of fused-ring (bicyclic) bond motifs is 1. The second-order valence-electron chi connectivity index (χ2n) is 4.73. The van der Waals surface area contributed by atoms with Crippen molar-refractivity contribution in [2.24, 2.45) is 10.2 Å². The van der Waals surface area contributed by atoms with E-state index < -0.39 is 26.8 Å². The zero-order valence-electron chi connectivity index (χ0n) is 14.0. The molecule has 1 aromatic rings. The van der Waals surface area contributed by atoms with Crippen molar-refractivity contribution in [3.05, 3.63) is 27.9 Å². The van der Waals surface area contributed by atoms with Gasteiger partial charge in [0.1, 0.15) is 15.8 Å². The average molecular weight is 492 g/mol. The number of benzene rings is 1. The molecule has 1 aliphatic carbocycles. The summed E-state index contributed by atoms with van der Waals surface area (Å²) >= 11 is 0.613. The van der Waals surface area contributed by atoms with E-state index in [-0.39, 0.29) is 60.1 Å². The number of carbonyl (C=O) groups excluding carboxylic acids is 1. The zero-order chi connectivity index (χ0) is 19.5. The van der Waals surface area contributed by atoms with Crippen LogP contribution in [-0.2, 0) is 57.1 Å². The van der Waals surface area contributed by atoms with Gasteiger partial charge >= 0.3 is 0 Å². The minimum Gasteiger partial charge on any atom is -0.744 e. The Labute approximate surface area is 183 Å². The van der Waals surface area contributed by atoms with Crippen LogP contribution in [0.1, 0.15) is 15.9 Å². The van der Waals surface area contributed by atoms with Crippen LogP contribution in [0.15, 0.2) is 26.1 Å². The number of anilines is 1. The number of azo groups is 1. The van der Waals surface area contributed by atoms with Crippen molar-refractivity contribution < 1.29 is 64.7 Å². The number of hydrogen-bond acceptors (Lipinski definition) is 12. The zero-order valence-corrected chi connectivity index (χ0v) is 18.4. The van der Waals surface area contributed by atoms with Gasteiger partial charge in [0.15, 0.2) is 5.78 Å². The molecule has 0 saturated heterocycles. The first-order chi connectivity index (χ1) is 12.3. The van der Waals surface area contributed by atoms with Gasteiger partial charge in [-0.3, -0.25) is 4.79 Å². The maximum Gasteiger partial charge on any atom is 0.186 e. The van der Waals surface area contributed by atoms with Crippen molar-refractivity contribution in [3.8, 4) is 0 Å². The van der Waals surface area contributed by atoms with Gasteiger partial charge < -0.3 is 21.6 Å². The molecule has 2 rings (SSSR count). The summed E-state index contributed by atoms with van der Waals surface area (Å²) in [6, 6.07) is -0.354. The Morgan fingerprint density at radius 1 is 1.44 bits per heavy atom. The summed E-state index contributed by atoms with van der Waals surface area (Å²) in [5.41, 5.74) is 7.65. The molecule has 1 atom stereocenters. The Morgan fingerprint density at radius 2 is 2.11 bits per heavy atom. The second kappa shape index (κ2) is 10.1. The van der Waals surface area contributed by atoms with Gasteiger partial charge in [0.25, 0.3) is 0 Å². The fraction of sp³-hybridized carbons (Fsp3) is 0.250. The Hall–Kier alpha value is -0.806. The molecule has 0 saturated carbocycles. The molecule has 0 aliphatic heterocycles. The maximum atomic E-state index is 12.6. The number of ketones is 1. The molecule has 0 heterocycles. The predicted molar refractivity (Wildman–Crippen MR) is 89.6 cm³/mol. The van der Waals surface area contributed by atoms with Crippen LogP contribution in [0.5, 0.6) is 0 Å². The first-order valence-corrected chi connectivity index (χ1v) is 8.85. The van der Waals surface area contributed by atoms with E-state index in [1.54, 1.807) is 5.43 Å². The summed E-state index contributed by atoms with van der Waals surface area (Å²) in [5.74, 6) is 6.33. The first-order valence-electron chi connectivity index (χ1n) is 6.70. The summed E-state index contributed by atoms with van der Waals surface area (Å²) in [6.07, 6.45) is 0.968. The van der Waals surface area contributed by atoms with Crippen molar-refractivity contribution in [2.75, 3.05) is 19.9 Å². The van der Waals surface area contributed by atoms with Gasteiger partial charge in [-0.2, -0.15) is 10.2 Å². The van der Waals surface area contributed by atoms with E-state index >= 15 is 0 Å². The summed E-state index contributed by atoms with van der Waals surface area (Å²) < 4.78 is 39.0. The minimum atomic E-state index is -4.99. The predicted octanol–water partition coefficient (Wildman–Crippen LogP) is 1.50. The van der Waals surface area contributed by atoms with Gasteiger partial charge in [0.05, 0.1) is 46.2 Å². The number of rotatable bonds is 7. The fourth-order valence-corrected chi connectivity index (χ4v) is 3.57. The van der Waals surface area contributed by atoms with Gasteiger partial charge in [-0.05, 0) is 17.7 Å². The fourth-order valence-electron chi connectivity index (χ4n) is 2.29. The average Bonchev–Trinajstić information content (AvgIpc) is 2.57. The molecule has 4 N–H and O–H groups in total. The molecule has 0 amide bonds. The second-order valence-corrected chi connectivity index (χ2v) is 6.85. The van der Waals surface area contributed by atoms with Crippen LogP contribution in [0.4, 0.5) is 11.4 Å². The third-order valence-corrected chi connectivity index (χ3v) is 4.82. The number of nitrogens with zero attached hydrogens (tertiary/aromatic N) is 2. The number of nitrogen functional groups attached to an aromatic ring is 1. The molecule has 1 unspecified atom stereocenters. The number of nitrogens with one attached hydrogen (secondary N) is 2. The summed E-state index contributed by atoms with van der Waals surface area (Å²) in [5, 5.41) is 11.7. The topological polar surface area (TPSA) is 189 Å². The first kappa shape index (κ1) is 24.2. The summed E-state index contributed by atoms with van der Waals surface area (Å²) in [7, 11) is -2.41. The van der Waals surface area contributed by atoms with Gasteiger partial charge in [-0.1, -0.05) is 5.04 Å². The molecule has 0 spiro atoms. The van der Waals surface area contributed by atoms with Crippen molar-refractivity contribution in [1.29, 1.82) is 0 Å². The van der Waals surface area contributed by atoms with E-state index in [4.69, 9.17) is 11.6 Å². The largest absolute Gasteiger partial charge is 0.744 e. The molecule has 1 aromatic carbocycles. The smallest absolute Gasteiger partial charge is 0.186 e. The molecule has 0 aromatic heterocycles. The van der Waals surface area contributed by atoms with Crippen LogP contribution in [0.2, 0.25) is 0 Å².